The number of hydrogen-bond donors (Lipinski definition) is 4. The Morgan fingerprint density at radius 3 is 2.49 bits per heavy atom. The highest BCUT2D eigenvalue weighted by Gasteiger charge is 2.10. The Morgan fingerprint density at radius 1 is 0.914 bits per heavy atom. The van der Waals surface area contributed by atoms with E-state index in [4.69, 9.17) is 5.73 Å². The predicted molar refractivity (Wildman–Crippen MR) is 144 cm³/mol. The van der Waals surface area contributed by atoms with Crippen LogP contribution in [0.4, 0.5) is 28.4 Å². The molecular formula is C28H26N6O. The second kappa shape index (κ2) is 9.61. The van der Waals surface area contributed by atoms with Crippen molar-refractivity contribution in [2.75, 3.05) is 28.7 Å². The maximum Gasteiger partial charge on any atom is 0.255 e. The number of amides is 1. The number of nitrogens with one attached hydrogen (secondary N) is 3. The number of benzene rings is 3. The Hall–Kier alpha value is -4.78. The molecule has 0 fully saturated rings. The first-order valence-corrected chi connectivity index (χ1v) is 11.3. The van der Waals surface area contributed by atoms with Gasteiger partial charge in [-0.05, 0) is 78.9 Å². The average Bonchev–Trinajstić information content (AvgIpc) is 2.87. The fourth-order valence-electron chi connectivity index (χ4n) is 3.88. The molecule has 4 aromatic rings. The summed E-state index contributed by atoms with van der Waals surface area (Å²) in [5.41, 5.74) is 11.4. The van der Waals surface area contributed by atoms with Crippen molar-refractivity contribution in [3.05, 3.63) is 109 Å². The van der Waals surface area contributed by atoms with Gasteiger partial charge >= 0.3 is 0 Å². The minimum Gasteiger partial charge on any atom is -0.399 e. The number of anilines is 5. The van der Waals surface area contributed by atoms with E-state index in [1.54, 1.807) is 12.3 Å². The summed E-state index contributed by atoms with van der Waals surface area (Å²) in [4.78, 5) is 19.2. The highest BCUT2D eigenvalue weighted by molar-refractivity contribution is 6.05. The molecule has 7 nitrogen and oxygen atoms in total. The maximum absolute atomic E-state index is 12.8. The summed E-state index contributed by atoms with van der Waals surface area (Å²) in [5, 5.41) is 10.8. The van der Waals surface area contributed by atoms with E-state index in [1.807, 2.05) is 91.1 Å². The third-order valence-corrected chi connectivity index (χ3v) is 5.70. The molecule has 1 aromatic heterocycles. The van der Waals surface area contributed by atoms with Crippen molar-refractivity contribution in [2.24, 2.45) is 0 Å². The molecule has 0 unspecified atom stereocenters. The molecular weight excluding hydrogens is 436 g/mol. The zero-order valence-electron chi connectivity index (χ0n) is 19.3. The lowest BCUT2D eigenvalue weighted by molar-refractivity contribution is 0.102. The van der Waals surface area contributed by atoms with Gasteiger partial charge in [-0.15, -0.1) is 0 Å². The van der Waals surface area contributed by atoms with Crippen LogP contribution in [0, 0.1) is 0 Å². The lowest BCUT2D eigenvalue weighted by Gasteiger charge is -2.19. The number of nitrogens with zero attached hydrogens (tertiary/aromatic N) is 2. The van der Waals surface area contributed by atoms with Gasteiger partial charge in [-0.2, -0.15) is 0 Å². The molecule has 0 spiro atoms. The summed E-state index contributed by atoms with van der Waals surface area (Å²) in [6.07, 6.45) is 9.87. The molecule has 0 saturated heterocycles. The summed E-state index contributed by atoms with van der Waals surface area (Å²) in [6.45, 7) is 0. The van der Waals surface area contributed by atoms with Gasteiger partial charge in [-0.3, -0.25) is 9.78 Å². The highest BCUT2D eigenvalue weighted by Crippen LogP contribution is 2.27. The number of aromatic nitrogens is 1. The molecule has 174 valence electrons. The molecule has 7 heteroatoms. The lowest BCUT2D eigenvalue weighted by atomic mass is 10.1. The maximum atomic E-state index is 12.8. The molecule has 35 heavy (non-hydrogen) atoms. The summed E-state index contributed by atoms with van der Waals surface area (Å²) in [6, 6.07) is 22.8. The third kappa shape index (κ3) is 5.25. The zero-order valence-corrected chi connectivity index (χ0v) is 19.3. The SMILES string of the molecule is CN1C=CC(Nc2cccc(C(=O)Nc3ccc(Nc4ccnc5cc(N)ccc45)cc3)c2)C=C1. The number of nitrogen functional groups attached to an aromatic ring is 1. The van der Waals surface area contributed by atoms with Crippen LogP contribution in [-0.2, 0) is 0 Å². The standard InChI is InChI=1S/C28H26N6O/c1-34-15-12-23(13-16-34)31-24-4-2-3-19(17-24)28(35)33-22-8-6-21(7-9-22)32-26-11-14-30-27-18-20(29)5-10-25(26)27/h2-18,23,31H,29H2,1H3,(H,30,32)(H,33,35). The van der Waals surface area contributed by atoms with Crippen molar-refractivity contribution in [3.63, 3.8) is 0 Å². The van der Waals surface area contributed by atoms with Gasteiger partial charge in [-0.25, -0.2) is 0 Å². The fraction of sp³-hybridized carbons (Fsp3) is 0.0714. The largest absolute Gasteiger partial charge is 0.399 e. The van der Waals surface area contributed by atoms with Gasteiger partial charge in [0.25, 0.3) is 5.91 Å². The first kappa shape index (κ1) is 22.0. The van der Waals surface area contributed by atoms with Crippen LogP contribution in [0.15, 0.2) is 104 Å². The Bertz CT molecular complexity index is 1410. The van der Waals surface area contributed by atoms with Gasteiger partial charge in [0.15, 0.2) is 0 Å². The van der Waals surface area contributed by atoms with E-state index in [2.05, 4.69) is 33.1 Å². The summed E-state index contributed by atoms with van der Waals surface area (Å²) in [5.74, 6) is -0.165. The van der Waals surface area contributed by atoms with E-state index >= 15 is 0 Å². The van der Waals surface area contributed by atoms with Crippen LogP contribution >= 0.6 is 0 Å². The van der Waals surface area contributed by atoms with Crippen LogP contribution in [0.5, 0.6) is 0 Å². The topological polar surface area (TPSA) is 95.3 Å². The number of fused-ring (bicyclic) bond motifs is 1. The van der Waals surface area contributed by atoms with Crippen molar-refractivity contribution in [1.29, 1.82) is 0 Å². The van der Waals surface area contributed by atoms with Gasteiger partial charge in [0.2, 0.25) is 0 Å². The predicted octanol–water partition coefficient (Wildman–Crippen LogP) is 5.57. The van der Waals surface area contributed by atoms with E-state index in [9.17, 15) is 4.79 Å². The number of rotatable bonds is 6. The van der Waals surface area contributed by atoms with Crippen LogP contribution in [0.2, 0.25) is 0 Å². The van der Waals surface area contributed by atoms with E-state index in [1.165, 1.54) is 0 Å². The van der Waals surface area contributed by atoms with Crippen molar-refractivity contribution >= 4 is 45.2 Å². The number of hydrogen-bond acceptors (Lipinski definition) is 6. The summed E-state index contributed by atoms with van der Waals surface area (Å²) in [7, 11) is 1.98. The van der Waals surface area contributed by atoms with E-state index < -0.39 is 0 Å². The summed E-state index contributed by atoms with van der Waals surface area (Å²) >= 11 is 0. The minimum atomic E-state index is -0.165. The normalized spacial score (nSPS) is 13.1. The van der Waals surface area contributed by atoms with Crippen LogP contribution in [-0.4, -0.2) is 28.9 Å². The summed E-state index contributed by atoms with van der Waals surface area (Å²) < 4.78 is 0. The Kier molecular flexibility index (Phi) is 6.05. The molecule has 0 bridgehead atoms. The minimum absolute atomic E-state index is 0.0828. The molecule has 0 atom stereocenters. The molecule has 1 aliphatic rings. The molecule has 0 radical (unpaired) electrons. The van der Waals surface area contributed by atoms with Gasteiger partial charge in [-0.1, -0.05) is 6.07 Å². The monoisotopic (exact) mass is 462 g/mol. The first-order valence-electron chi connectivity index (χ1n) is 11.3. The molecule has 1 aliphatic heterocycles. The Balaban J connectivity index is 1.24. The average molecular weight is 463 g/mol. The quantitative estimate of drug-likeness (QED) is 0.280. The van der Waals surface area contributed by atoms with E-state index in [0.717, 1.165) is 28.0 Å². The van der Waals surface area contributed by atoms with Crippen molar-refractivity contribution in [2.45, 2.75) is 6.04 Å². The third-order valence-electron chi connectivity index (χ3n) is 5.70. The molecule has 5 rings (SSSR count). The molecule has 0 saturated carbocycles. The molecule has 5 N–H and O–H groups in total. The molecule has 2 heterocycles. The molecule has 0 aliphatic carbocycles. The van der Waals surface area contributed by atoms with Gasteiger partial charge in [0, 0.05) is 65.0 Å². The first-order chi connectivity index (χ1) is 17.0. The Morgan fingerprint density at radius 2 is 1.69 bits per heavy atom. The molecule has 1 amide bonds. The molecule has 3 aromatic carbocycles. The second-order valence-electron chi connectivity index (χ2n) is 8.39. The fourth-order valence-corrected chi connectivity index (χ4v) is 3.88. The van der Waals surface area contributed by atoms with Crippen LogP contribution in [0.25, 0.3) is 10.9 Å². The van der Waals surface area contributed by atoms with Crippen molar-refractivity contribution in [3.8, 4) is 0 Å². The van der Waals surface area contributed by atoms with Gasteiger partial charge in [0.1, 0.15) is 0 Å². The number of pyridine rings is 1. The number of nitrogens with two attached hydrogens (primary N) is 1. The van der Waals surface area contributed by atoms with Crippen molar-refractivity contribution < 1.29 is 4.79 Å². The number of carbonyl (C=O) groups excluding carboxylic acids is 1. The Labute approximate surface area is 204 Å². The second-order valence-corrected chi connectivity index (χ2v) is 8.39. The van der Waals surface area contributed by atoms with Gasteiger partial charge < -0.3 is 26.6 Å². The number of carbonyl (C=O) groups is 1. The lowest BCUT2D eigenvalue weighted by Crippen LogP contribution is -2.20. The smallest absolute Gasteiger partial charge is 0.255 e. The zero-order chi connectivity index (χ0) is 24.2. The van der Waals surface area contributed by atoms with Crippen LogP contribution in [0.3, 0.4) is 0 Å². The van der Waals surface area contributed by atoms with Gasteiger partial charge in [0.05, 0.1) is 11.6 Å². The van der Waals surface area contributed by atoms with Crippen LogP contribution in [0.1, 0.15) is 10.4 Å². The highest BCUT2D eigenvalue weighted by atomic mass is 16.1. The van der Waals surface area contributed by atoms with Crippen LogP contribution < -0.4 is 21.7 Å². The van der Waals surface area contributed by atoms with E-state index in [0.29, 0.717) is 16.9 Å². The van der Waals surface area contributed by atoms with Crippen molar-refractivity contribution in [1.82, 2.24) is 9.88 Å². The van der Waals surface area contributed by atoms with E-state index in [-0.39, 0.29) is 11.9 Å².